The van der Waals surface area contributed by atoms with Gasteiger partial charge in [0, 0.05) is 113 Å². The molecule has 302 valence electrons. The van der Waals surface area contributed by atoms with Crippen LogP contribution in [0.2, 0.25) is 0 Å². The normalized spacial score (nSPS) is 13.5. The number of rotatable bonds is 32. The van der Waals surface area contributed by atoms with Crippen molar-refractivity contribution in [1.29, 1.82) is 0 Å². The van der Waals surface area contributed by atoms with E-state index in [0.29, 0.717) is 71.9 Å². The zero-order valence-electron chi connectivity index (χ0n) is 33.5. The summed E-state index contributed by atoms with van der Waals surface area (Å²) in [6.45, 7) is 17.8. The molecule has 0 spiro atoms. The lowest BCUT2D eigenvalue weighted by Gasteiger charge is -2.33. The number of nitrogens with one attached hydrogen (secondary N) is 6. The van der Waals surface area contributed by atoms with Crippen LogP contribution in [-0.2, 0) is 28.8 Å². The number of nitrogens with two attached hydrogens (primary N) is 2. The molecule has 0 aromatic heterocycles. The zero-order chi connectivity index (χ0) is 39.6. The highest BCUT2D eigenvalue weighted by atomic mass is 16.2. The van der Waals surface area contributed by atoms with Gasteiger partial charge in [-0.05, 0) is 32.1 Å². The molecule has 0 heterocycles. The predicted molar refractivity (Wildman–Crippen MR) is 207 cm³/mol. The Morgan fingerprint density at radius 1 is 0.519 bits per heavy atom. The third kappa shape index (κ3) is 20.9. The van der Waals surface area contributed by atoms with Gasteiger partial charge in [0.25, 0.3) is 0 Å². The first-order valence-electron chi connectivity index (χ1n) is 19.6. The minimum Gasteiger partial charge on any atom is -0.356 e. The number of hydrogen-bond acceptors (Lipinski definition) is 10. The third-order valence-electron chi connectivity index (χ3n) is 9.39. The summed E-state index contributed by atoms with van der Waals surface area (Å²) in [5.41, 5.74) is 8.99. The molecule has 0 bridgehead atoms. The molecule has 0 radical (unpaired) electrons. The van der Waals surface area contributed by atoms with Crippen molar-refractivity contribution < 1.29 is 28.8 Å². The number of hydrogen-bond donors (Lipinski definition) is 8. The van der Waals surface area contributed by atoms with Crippen molar-refractivity contribution in [1.82, 2.24) is 31.9 Å². The van der Waals surface area contributed by atoms with Crippen LogP contribution >= 0.6 is 0 Å². The lowest BCUT2D eigenvalue weighted by Crippen LogP contribution is -2.43. The highest BCUT2D eigenvalue weighted by molar-refractivity contribution is 5.93. The monoisotopic (exact) mass is 739 g/mol. The molecule has 52 heavy (non-hydrogen) atoms. The lowest BCUT2D eigenvalue weighted by molar-refractivity contribution is -0.140. The van der Waals surface area contributed by atoms with Gasteiger partial charge < -0.3 is 43.4 Å². The van der Waals surface area contributed by atoms with Crippen molar-refractivity contribution in [3.8, 4) is 0 Å². The maximum Gasteiger partial charge on any atom is 0.223 e. The van der Waals surface area contributed by atoms with E-state index in [9.17, 15) is 28.8 Å². The molecule has 14 nitrogen and oxygen atoms in total. The van der Waals surface area contributed by atoms with Gasteiger partial charge in [-0.1, -0.05) is 61.3 Å². The molecule has 10 N–H and O–H groups in total. The fraction of sp³-hybridized carbons (Fsp3) is 0.842. The smallest absolute Gasteiger partial charge is 0.223 e. The topological polar surface area (TPSA) is 227 Å². The number of carbonyl (C=O) groups excluding carboxylic acids is 6. The summed E-state index contributed by atoms with van der Waals surface area (Å²) < 4.78 is 0. The Kier molecular flexibility index (Phi) is 26.1. The Morgan fingerprint density at radius 2 is 0.942 bits per heavy atom. The molecule has 0 saturated heterocycles. The molecule has 0 aliphatic rings. The molecule has 0 aliphatic heterocycles. The Balaban J connectivity index is 6.07. The first-order valence-corrected chi connectivity index (χ1v) is 19.6. The molecule has 0 rings (SSSR count). The van der Waals surface area contributed by atoms with E-state index >= 15 is 0 Å². The van der Waals surface area contributed by atoms with Crippen LogP contribution in [0.15, 0.2) is 0 Å². The quantitative estimate of drug-likeness (QED) is 0.0465. The average Bonchev–Trinajstić information content (AvgIpc) is 3.09. The van der Waals surface area contributed by atoms with Gasteiger partial charge in [-0.2, -0.15) is 0 Å². The van der Waals surface area contributed by atoms with Crippen LogP contribution < -0.4 is 43.4 Å². The Labute approximate surface area is 313 Å². The first-order chi connectivity index (χ1) is 24.6. The molecular formula is C38H74N8O6. The molecule has 0 saturated carbocycles. The van der Waals surface area contributed by atoms with Crippen LogP contribution in [0.25, 0.3) is 0 Å². The van der Waals surface area contributed by atoms with Crippen molar-refractivity contribution in [2.24, 2.45) is 40.1 Å². The molecule has 3 atom stereocenters. The minimum absolute atomic E-state index is 0.0671. The van der Waals surface area contributed by atoms with E-state index in [4.69, 9.17) is 11.5 Å². The van der Waals surface area contributed by atoms with Crippen molar-refractivity contribution in [3.05, 3.63) is 0 Å². The van der Waals surface area contributed by atoms with Crippen LogP contribution in [0.5, 0.6) is 0 Å². The second-order valence-electron chi connectivity index (χ2n) is 15.1. The number of amides is 4. The molecular weight excluding hydrogens is 664 g/mol. The van der Waals surface area contributed by atoms with E-state index in [1.165, 1.54) is 0 Å². The molecule has 0 aromatic carbocycles. The number of unbranched alkanes of at least 4 members (excludes halogenated alkanes) is 2. The Bertz CT molecular complexity index is 1080. The maximum absolute atomic E-state index is 14.1. The second-order valence-corrected chi connectivity index (χ2v) is 15.1. The molecule has 0 fully saturated rings. The summed E-state index contributed by atoms with van der Waals surface area (Å²) in [4.78, 5) is 80.5. The minimum atomic E-state index is -1.06. The van der Waals surface area contributed by atoms with Gasteiger partial charge >= 0.3 is 0 Å². The van der Waals surface area contributed by atoms with Gasteiger partial charge in [0.15, 0.2) is 0 Å². The Morgan fingerprint density at radius 3 is 1.44 bits per heavy atom. The van der Waals surface area contributed by atoms with Crippen LogP contribution in [0.3, 0.4) is 0 Å². The fourth-order valence-electron chi connectivity index (χ4n) is 6.13. The molecule has 14 heteroatoms. The zero-order valence-corrected chi connectivity index (χ0v) is 33.5. The summed E-state index contributed by atoms with van der Waals surface area (Å²) in [6, 6.07) is 0. The van der Waals surface area contributed by atoms with E-state index in [-0.39, 0.29) is 67.3 Å². The largest absolute Gasteiger partial charge is 0.356 e. The number of ketones is 2. The molecule has 4 amide bonds. The van der Waals surface area contributed by atoms with E-state index in [0.717, 1.165) is 25.7 Å². The summed E-state index contributed by atoms with van der Waals surface area (Å²) in [5.74, 6) is -3.59. The summed E-state index contributed by atoms with van der Waals surface area (Å²) >= 11 is 0. The van der Waals surface area contributed by atoms with Crippen molar-refractivity contribution in [2.45, 2.75) is 113 Å². The standard InChI is InChI=1S/C38H74N8O6/c1-8-11-15-43-32(48)24-28(10-3)34(50)38(6,7)27-29(35(51)46-22-20-42-18-14-40)23-31(47)37(4,5)26-30(36(52)45-16-12-9-2)25-33(49)44-21-19-41-17-13-39/h28-30,41-42H,8-27,39-40H2,1-7H3,(H,43,48)(H,44,49)(H,45,52)(H,46,51). The van der Waals surface area contributed by atoms with Crippen LogP contribution in [0.4, 0.5) is 0 Å². The summed E-state index contributed by atoms with van der Waals surface area (Å²) in [6.07, 6.45) is 3.99. The lowest BCUT2D eigenvalue weighted by atomic mass is 9.70. The van der Waals surface area contributed by atoms with Gasteiger partial charge in [-0.15, -0.1) is 0 Å². The van der Waals surface area contributed by atoms with Crippen molar-refractivity contribution >= 4 is 35.2 Å². The van der Waals surface area contributed by atoms with E-state index in [1.807, 2.05) is 20.8 Å². The Hall–Kier alpha value is -2.94. The van der Waals surface area contributed by atoms with Crippen LogP contribution in [0, 0.1) is 28.6 Å². The highest BCUT2D eigenvalue weighted by Crippen LogP contribution is 2.36. The maximum atomic E-state index is 14.1. The molecule has 0 aromatic rings. The van der Waals surface area contributed by atoms with Gasteiger partial charge in [-0.3, -0.25) is 28.8 Å². The van der Waals surface area contributed by atoms with E-state index < -0.39 is 28.6 Å². The first kappa shape index (κ1) is 49.1. The van der Waals surface area contributed by atoms with Crippen molar-refractivity contribution in [3.63, 3.8) is 0 Å². The fourth-order valence-corrected chi connectivity index (χ4v) is 6.13. The van der Waals surface area contributed by atoms with Gasteiger partial charge in [-0.25, -0.2) is 0 Å². The predicted octanol–water partition coefficient (Wildman–Crippen LogP) is 1.55. The molecule has 0 aliphatic carbocycles. The summed E-state index contributed by atoms with van der Waals surface area (Å²) in [7, 11) is 0. The average molecular weight is 739 g/mol. The van der Waals surface area contributed by atoms with Crippen LogP contribution in [0.1, 0.15) is 113 Å². The van der Waals surface area contributed by atoms with E-state index in [2.05, 4.69) is 31.9 Å². The van der Waals surface area contributed by atoms with Gasteiger partial charge in [0.05, 0.1) is 0 Å². The third-order valence-corrected chi connectivity index (χ3v) is 9.39. The van der Waals surface area contributed by atoms with Crippen molar-refractivity contribution in [2.75, 3.05) is 65.4 Å². The second kappa shape index (κ2) is 27.6. The number of Topliss-reactive ketones (excluding diaryl/α,β-unsaturated/α-hetero) is 2. The SMILES string of the molecule is CCCCNC(=O)CC(CC)C(=O)C(C)(C)CC(CC(=O)C(C)(C)CC(CC(=O)NCCNCCN)C(=O)NCCCC)C(=O)NCCNCCN. The highest BCUT2D eigenvalue weighted by Gasteiger charge is 2.41. The van der Waals surface area contributed by atoms with Crippen LogP contribution in [-0.4, -0.2) is 101 Å². The van der Waals surface area contributed by atoms with Gasteiger partial charge in [0.1, 0.15) is 11.6 Å². The summed E-state index contributed by atoms with van der Waals surface area (Å²) in [5, 5.41) is 17.8. The number of carbonyl (C=O) groups is 6. The van der Waals surface area contributed by atoms with E-state index in [1.54, 1.807) is 27.7 Å². The molecule has 3 unspecified atom stereocenters. The van der Waals surface area contributed by atoms with Gasteiger partial charge in [0.2, 0.25) is 23.6 Å².